The normalized spacial score (nSPS) is 16.5. The van der Waals surface area contributed by atoms with Gasteiger partial charge in [-0.15, -0.1) is 0 Å². The number of aromatic nitrogens is 2. The molecule has 1 aromatic carbocycles. The molecule has 1 aliphatic carbocycles. The molecule has 2 aromatic rings. The summed E-state index contributed by atoms with van der Waals surface area (Å²) in [5.74, 6) is 0.711. The van der Waals surface area contributed by atoms with Crippen LogP contribution in [0.5, 0.6) is 0 Å². The lowest BCUT2D eigenvalue weighted by atomic mass is 10.0. The molecule has 0 saturated heterocycles. The predicted octanol–water partition coefficient (Wildman–Crippen LogP) is 3.03. The Labute approximate surface area is 114 Å². The third kappa shape index (κ3) is 2.87. The van der Waals surface area contributed by atoms with Crippen molar-refractivity contribution in [1.82, 2.24) is 9.78 Å². The molecule has 1 fully saturated rings. The molecule has 2 N–H and O–H groups in total. The molecule has 0 aliphatic heterocycles. The Hall–Kier alpha value is -1.61. The minimum absolute atomic E-state index is 0.261. The first-order valence-electron chi connectivity index (χ1n) is 7.16. The summed E-state index contributed by atoms with van der Waals surface area (Å²) in [6.07, 6.45) is 6.62. The van der Waals surface area contributed by atoms with E-state index in [1.165, 1.54) is 24.1 Å². The summed E-state index contributed by atoms with van der Waals surface area (Å²) in [6, 6.07) is 11.0. The van der Waals surface area contributed by atoms with E-state index in [1.807, 2.05) is 4.68 Å². The van der Waals surface area contributed by atoms with E-state index < -0.39 is 0 Å². The maximum Gasteiger partial charge on any atom is 0.0659 e. The molecule has 1 heterocycles. The van der Waals surface area contributed by atoms with Gasteiger partial charge in [0.15, 0.2) is 0 Å². The van der Waals surface area contributed by atoms with Crippen LogP contribution in [0.4, 0.5) is 0 Å². The second-order valence-electron chi connectivity index (χ2n) is 5.50. The summed E-state index contributed by atoms with van der Waals surface area (Å²) >= 11 is 0. The molecule has 1 aliphatic rings. The summed E-state index contributed by atoms with van der Waals surface area (Å²) in [6.45, 7) is 2.13. The molecule has 1 saturated carbocycles. The van der Waals surface area contributed by atoms with Gasteiger partial charge in [-0.25, -0.2) is 4.68 Å². The minimum atomic E-state index is 0.261. The van der Waals surface area contributed by atoms with Gasteiger partial charge in [-0.3, -0.25) is 0 Å². The highest BCUT2D eigenvalue weighted by Gasteiger charge is 2.25. The zero-order valence-electron chi connectivity index (χ0n) is 11.4. The van der Waals surface area contributed by atoms with Crippen LogP contribution in [0.3, 0.4) is 0 Å². The fourth-order valence-corrected chi connectivity index (χ4v) is 2.31. The average molecular weight is 255 g/mol. The van der Waals surface area contributed by atoms with Crippen molar-refractivity contribution in [2.45, 2.75) is 44.6 Å². The Morgan fingerprint density at radius 3 is 2.63 bits per heavy atom. The molecule has 0 bridgehead atoms. The van der Waals surface area contributed by atoms with E-state index >= 15 is 0 Å². The van der Waals surface area contributed by atoms with E-state index in [4.69, 9.17) is 5.73 Å². The first-order chi connectivity index (χ1) is 9.26. The van der Waals surface area contributed by atoms with Gasteiger partial charge in [-0.2, -0.15) is 5.10 Å². The van der Waals surface area contributed by atoms with Crippen molar-refractivity contribution in [2.24, 2.45) is 5.73 Å². The second-order valence-corrected chi connectivity index (χ2v) is 5.50. The molecule has 100 valence electrons. The highest BCUT2D eigenvalue weighted by atomic mass is 15.3. The number of nitrogens with zero attached hydrogens (tertiary/aromatic N) is 2. The van der Waals surface area contributed by atoms with Crippen LogP contribution in [0, 0.1) is 0 Å². The maximum absolute atomic E-state index is 5.98. The van der Waals surface area contributed by atoms with Crippen LogP contribution < -0.4 is 5.73 Å². The lowest BCUT2D eigenvalue weighted by molar-refractivity contribution is 0.646. The van der Waals surface area contributed by atoms with E-state index in [2.05, 4.69) is 48.6 Å². The fraction of sp³-hybridized carbons (Fsp3) is 0.438. The van der Waals surface area contributed by atoms with Crippen molar-refractivity contribution < 1.29 is 0 Å². The van der Waals surface area contributed by atoms with Crippen molar-refractivity contribution in [3.05, 3.63) is 47.8 Å². The summed E-state index contributed by atoms with van der Waals surface area (Å²) in [5.41, 5.74) is 9.64. The zero-order chi connectivity index (χ0) is 13.2. The molecular weight excluding hydrogens is 234 g/mol. The third-order valence-corrected chi connectivity index (χ3v) is 3.83. The number of nitrogens with two attached hydrogens (primary N) is 1. The molecule has 3 heteroatoms. The van der Waals surface area contributed by atoms with E-state index in [0.29, 0.717) is 5.92 Å². The van der Waals surface area contributed by atoms with Crippen LogP contribution in [0.25, 0.3) is 5.69 Å². The van der Waals surface area contributed by atoms with Crippen LogP contribution >= 0.6 is 0 Å². The highest BCUT2D eigenvalue weighted by Crippen LogP contribution is 2.39. The molecule has 1 unspecified atom stereocenters. The number of benzene rings is 1. The van der Waals surface area contributed by atoms with Crippen molar-refractivity contribution in [2.75, 3.05) is 0 Å². The van der Waals surface area contributed by atoms with Crippen molar-refractivity contribution in [3.63, 3.8) is 0 Å². The van der Waals surface area contributed by atoms with Crippen LogP contribution in [0.1, 0.15) is 43.4 Å². The van der Waals surface area contributed by atoms with Gasteiger partial charge in [-0.1, -0.05) is 19.1 Å². The summed E-state index contributed by atoms with van der Waals surface area (Å²) < 4.78 is 1.97. The maximum atomic E-state index is 5.98. The third-order valence-electron chi connectivity index (χ3n) is 3.83. The first kappa shape index (κ1) is 12.4. The topological polar surface area (TPSA) is 43.8 Å². The van der Waals surface area contributed by atoms with E-state index in [1.54, 1.807) is 0 Å². The molecule has 0 radical (unpaired) electrons. The fourth-order valence-electron chi connectivity index (χ4n) is 2.31. The first-order valence-corrected chi connectivity index (χ1v) is 7.16. The van der Waals surface area contributed by atoms with Crippen LogP contribution in [0.15, 0.2) is 36.5 Å². The molecule has 3 rings (SSSR count). The standard InChI is InChI=1S/C16H21N3/c1-2-14(17)11-12-3-7-15(8-4-12)19-10-9-16(18-19)13-5-6-13/h3-4,7-10,13-14H,2,5-6,11,17H2,1H3. The monoisotopic (exact) mass is 255 g/mol. The molecular formula is C16H21N3. The molecule has 0 spiro atoms. The number of hydrogen-bond donors (Lipinski definition) is 1. The summed E-state index contributed by atoms with van der Waals surface area (Å²) in [4.78, 5) is 0. The molecule has 1 aromatic heterocycles. The highest BCUT2D eigenvalue weighted by molar-refractivity contribution is 5.35. The predicted molar refractivity (Wildman–Crippen MR) is 77.5 cm³/mol. The number of hydrogen-bond acceptors (Lipinski definition) is 2. The smallest absolute Gasteiger partial charge is 0.0659 e. The second kappa shape index (κ2) is 5.17. The number of rotatable bonds is 5. The van der Waals surface area contributed by atoms with Gasteiger partial charge >= 0.3 is 0 Å². The van der Waals surface area contributed by atoms with E-state index in [0.717, 1.165) is 18.5 Å². The Balaban J connectivity index is 1.73. The van der Waals surface area contributed by atoms with Crippen molar-refractivity contribution in [1.29, 1.82) is 0 Å². The Bertz CT molecular complexity index is 537. The SMILES string of the molecule is CCC(N)Cc1ccc(-n2ccc(C3CC3)n2)cc1. The minimum Gasteiger partial charge on any atom is -0.327 e. The van der Waals surface area contributed by atoms with Crippen molar-refractivity contribution in [3.8, 4) is 5.69 Å². The van der Waals surface area contributed by atoms with Crippen LogP contribution in [-0.4, -0.2) is 15.8 Å². The van der Waals surface area contributed by atoms with Crippen LogP contribution in [-0.2, 0) is 6.42 Å². The van der Waals surface area contributed by atoms with Gasteiger partial charge in [0, 0.05) is 18.2 Å². The Kier molecular flexibility index (Phi) is 3.38. The molecule has 3 nitrogen and oxygen atoms in total. The van der Waals surface area contributed by atoms with Gasteiger partial charge in [0.25, 0.3) is 0 Å². The van der Waals surface area contributed by atoms with Gasteiger partial charge in [0.2, 0.25) is 0 Å². The summed E-state index contributed by atoms with van der Waals surface area (Å²) in [5, 5.41) is 4.64. The lowest BCUT2D eigenvalue weighted by Gasteiger charge is -2.09. The Morgan fingerprint density at radius 1 is 1.26 bits per heavy atom. The molecule has 19 heavy (non-hydrogen) atoms. The van der Waals surface area contributed by atoms with Gasteiger partial charge < -0.3 is 5.73 Å². The van der Waals surface area contributed by atoms with Gasteiger partial charge in [0.1, 0.15) is 0 Å². The van der Waals surface area contributed by atoms with Gasteiger partial charge in [0.05, 0.1) is 11.4 Å². The van der Waals surface area contributed by atoms with E-state index in [-0.39, 0.29) is 6.04 Å². The van der Waals surface area contributed by atoms with Crippen molar-refractivity contribution >= 4 is 0 Å². The average Bonchev–Trinajstić information content (AvgIpc) is 3.17. The molecule has 0 amide bonds. The summed E-state index contributed by atoms with van der Waals surface area (Å²) in [7, 11) is 0. The molecule has 1 atom stereocenters. The van der Waals surface area contributed by atoms with Crippen LogP contribution in [0.2, 0.25) is 0 Å². The van der Waals surface area contributed by atoms with Gasteiger partial charge in [-0.05, 0) is 49.4 Å². The van der Waals surface area contributed by atoms with E-state index in [9.17, 15) is 0 Å². The largest absolute Gasteiger partial charge is 0.327 e. The quantitative estimate of drug-likeness (QED) is 0.892. The lowest BCUT2D eigenvalue weighted by Crippen LogP contribution is -2.21. The zero-order valence-corrected chi connectivity index (χ0v) is 11.4. The Morgan fingerprint density at radius 2 is 2.00 bits per heavy atom.